The van der Waals surface area contributed by atoms with E-state index in [2.05, 4.69) is 131 Å². The van der Waals surface area contributed by atoms with Crippen LogP contribution in [0.25, 0.3) is 43.8 Å². The Bertz CT molecular complexity index is 2160. The molecule has 1 aliphatic rings. The van der Waals surface area contributed by atoms with E-state index in [0.717, 1.165) is 26.7 Å². The lowest BCUT2D eigenvalue weighted by molar-refractivity contribution is -0.384. The van der Waals surface area contributed by atoms with Crippen LogP contribution in [0.1, 0.15) is 22.3 Å². The van der Waals surface area contributed by atoms with E-state index in [9.17, 15) is 10.1 Å². The first-order valence-electron chi connectivity index (χ1n) is 14.2. The standard InChI is InChI=1S/C39H24BrNO2/c40-36-20-9-17-31-32-24-27(30-16-5-6-21-37(30)41(42)43)22-23-35(32)39(38(31)36,33-18-7-12-25-10-1-3-14-28(25)33)34-19-8-13-26-11-2-4-15-29(26)34/h1-24H. The van der Waals surface area contributed by atoms with Crippen molar-refractivity contribution >= 4 is 43.2 Å². The van der Waals surface area contributed by atoms with Crippen LogP contribution in [0.15, 0.2) is 150 Å². The fourth-order valence-corrected chi connectivity index (χ4v) is 7.88. The fourth-order valence-electron chi connectivity index (χ4n) is 7.21. The largest absolute Gasteiger partial charge is 0.277 e. The zero-order chi connectivity index (χ0) is 29.1. The number of para-hydroxylation sites is 1. The Morgan fingerprint density at radius 2 is 1.09 bits per heavy atom. The Kier molecular flexibility index (Phi) is 5.82. The molecule has 0 saturated heterocycles. The van der Waals surface area contributed by atoms with Crippen molar-refractivity contribution < 1.29 is 4.92 Å². The minimum atomic E-state index is -0.659. The van der Waals surface area contributed by atoms with Crippen molar-refractivity contribution in [3.8, 4) is 22.3 Å². The summed E-state index contributed by atoms with van der Waals surface area (Å²) >= 11 is 4.01. The minimum absolute atomic E-state index is 0.101. The van der Waals surface area contributed by atoms with Crippen LogP contribution >= 0.6 is 15.9 Å². The van der Waals surface area contributed by atoms with Gasteiger partial charge < -0.3 is 0 Å². The van der Waals surface area contributed by atoms with Crippen LogP contribution in [-0.2, 0) is 5.41 Å². The monoisotopic (exact) mass is 617 g/mol. The van der Waals surface area contributed by atoms with Gasteiger partial charge in [0.05, 0.1) is 15.9 Å². The molecule has 3 nitrogen and oxygen atoms in total. The summed E-state index contributed by atoms with van der Waals surface area (Å²) < 4.78 is 1.02. The molecule has 0 radical (unpaired) electrons. The van der Waals surface area contributed by atoms with Crippen molar-refractivity contribution in [3.63, 3.8) is 0 Å². The number of nitro groups is 1. The van der Waals surface area contributed by atoms with Gasteiger partial charge in [-0.3, -0.25) is 10.1 Å². The van der Waals surface area contributed by atoms with Crippen LogP contribution in [-0.4, -0.2) is 4.92 Å². The van der Waals surface area contributed by atoms with Crippen molar-refractivity contribution in [3.05, 3.63) is 182 Å². The Morgan fingerprint density at radius 3 is 1.77 bits per heavy atom. The summed E-state index contributed by atoms with van der Waals surface area (Å²) in [5.41, 5.74) is 7.81. The van der Waals surface area contributed by atoms with Crippen molar-refractivity contribution in [2.75, 3.05) is 0 Å². The van der Waals surface area contributed by atoms with Gasteiger partial charge in [-0.05, 0) is 78.7 Å². The third-order valence-corrected chi connectivity index (χ3v) is 9.56. The first kappa shape index (κ1) is 25.6. The second-order valence-corrected chi connectivity index (χ2v) is 11.9. The number of halogens is 1. The molecule has 0 atom stereocenters. The lowest BCUT2D eigenvalue weighted by Gasteiger charge is -2.36. The zero-order valence-corrected chi connectivity index (χ0v) is 24.6. The number of fused-ring (bicyclic) bond motifs is 5. The van der Waals surface area contributed by atoms with Gasteiger partial charge >= 0.3 is 0 Å². The predicted molar refractivity (Wildman–Crippen MR) is 179 cm³/mol. The Balaban J connectivity index is 1.56. The van der Waals surface area contributed by atoms with Crippen LogP contribution < -0.4 is 0 Å². The lowest BCUT2D eigenvalue weighted by Crippen LogP contribution is -2.29. The molecule has 4 heteroatoms. The predicted octanol–water partition coefficient (Wildman–Crippen LogP) is 10.7. The molecule has 7 aromatic rings. The average molecular weight is 619 g/mol. The molecule has 7 aromatic carbocycles. The van der Waals surface area contributed by atoms with Crippen LogP contribution in [0.3, 0.4) is 0 Å². The van der Waals surface area contributed by atoms with E-state index >= 15 is 0 Å². The SMILES string of the molecule is O=[N+]([O-])c1ccccc1-c1ccc2c(c1)-c1cccc(Br)c1C2(c1cccc2ccccc12)c1cccc2ccccc12. The molecule has 0 bridgehead atoms. The maximum absolute atomic E-state index is 12.0. The molecule has 204 valence electrons. The quantitative estimate of drug-likeness (QED) is 0.146. The minimum Gasteiger partial charge on any atom is -0.258 e. The smallest absolute Gasteiger partial charge is 0.258 e. The van der Waals surface area contributed by atoms with E-state index < -0.39 is 5.41 Å². The van der Waals surface area contributed by atoms with Gasteiger partial charge in [0.1, 0.15) is 0 Å². The third-order valence-electron chi connectivity index (χ3n) is 8.90. The number of hydrogen-bond donors (Lipinski definition) is 0. The Hall–Kier alpha value is -5.06. The van der Waals surface area contributed by atoms with Crippen LogP contribution in [0, 0.1) is 10.1 Å². The number of hydrogen-bond acceptors (Lipinski definition) is 2. The van der Waals surface area contributed by atoms with Gasteiger partial charge in [0.25, 0.3) is 5.69 Å². The molecule has 0 N–H and O–H groups in total. The molecule has 0 aromatic heterocycles. The highest BCUT2D eigenvalue weighted by atomic mass is 79.9. The van der Waals surface area contributed by atoms with Gasteiger partial charge in [-0.25, -0.2) is 0 Å². The summed E-state index contributed by atoms with van der Waals surface area (Å²) in [6.07, 6.45) is 0. The van der Waals surface area contributed by atoms with Crippen molar-refractivity contribution in [1.82, 2.24) is 0 Å². The summed E-state index contributed by atoms with van der Waals surface area (Å²) in [5, 5.41) is 16.7. The molecule has 0 fully saturated rings. The molecule has 0 spiro atoms. The van der Waals surface area contributed by atoms with E-state index in [1.54, 1.807) is 12.1 Å². The molecular weight excluding hydrogens is 594 g/mol. The Labute approximate surface area is 257 Å². The van der Waals surface area contributed by atoms with Gasteiger partial charge in [-0.1, -0.05) is 137 Å². The highest BCUT2D eigenvalue weighted by Gasteiger charge is 2.49. The highest BCUT2D eigenvalue weighted by molar-refractivity contribution is 9.10. The molecule has 43 heavy (non-hydrogen) atoms. The average Bonchev–Trinajstić information content (AvgIpc) is 3.35. The summed E-state index contributed by atoms with van der Waals surface area (Å²) in [6.45, 7) is 0. The lowest BCUT2D eigenvalue weighted by atomic mass is 9.65. The fraction of sp³-hybridized carbons (Fsp3) is 0.0256. The maximum atomic E-state index is 12.0. The van der Waals surface area contributed by atoms with Gasteiger partial charge in [0.2, 0.25) is 0 Å². The topological polar surface area (TPSA) is 43.1 Å². The molecule has 8 rings (SSSR count). The number of nitrogens with zero attached hydrogens (tertiary/aromatic N) is 1. The van der Waals surface area contributed by atoms with E-state index in [0.29, 0.717) is 5.56 Å². The third kappa shape index (κ3) is 3.66. The van der Waals surface area contributed by atoms with Crippen molar-refractivity contribution in [2.45, 2.75) is 5.41 Å². The molecular formula is C39H24BrNO2. The van der Waals surface area contributed by atoms with Gasteiger partial charge in [-0.15, -0.1) is 0 Å². The zero-order valence-electron chi connectivity index (χ0n) is 23.0. The molecule has 0 aliphatic heterocycles. The van der Waals surface area contributed by atoms with E-state index in [1.165, 1.54) is 38.2 Å². The number of benzene rings is 7. The normalized spacial score (nSPS) is 13.1. The van der Waals surface area contributed by atoms with Crippen LogP contribution in [0.4, 0.5) is 5.69 Å². The first-order valence-corrected chi connectivity index (χ1v) is 15.0. The van der Waals surface area contributed by atoms with Gasteiger partial charge in [-0.2, -0.15) is 0 Å². The summed E-state index contributed by atoms with van der Waals surface area (Å²) in [5.74, 6) is 0. The van der Waals surface area contributed by atoms with Gasteiger partial charge in [0, 0.05) is 10.5 Å². The molecule has 1 aliphatic carbocycles. The van der Waals surface area contributed by atoms with E-state index in [1.807, 2.05) is 18.2 Å². The number of rotatable bonds is 4. The summed E-state index contributed by atoms with van der Waals surface area (Å²) in [6, 6.07) is 50.1. The molecule has 0 amide bonds. The molecule has 0 unspecified atom stereocenters. The summed E-state index contributed by atoms with van der Waals surface area (Å²) in [4.78, 5) is 11.7. The Morgan fingerprint density at radius 1 is 0.535 bits per heavy atom. The first-order chi connectivity index (χ1) is 21.1. The van der Waals surface area contributed by atoms with E-state index in [4.69, 9.17) is 0 Å². The number of nitro benzene ring substituents is 1. The van der Waals surface area contributed by atoms with E-state index in [-0.39, 0.29) is 10.6 Å². The van der Waals surface area contributed by atoms with Crippen LogP contribution in [0.5, 0.6) is 0 Å². The molecule has 0 heterocycles. The second kappa shape index (κ2) is 9.75. The second-order valence-electron chi connectivity index (χ2n) is 11.0. The van der Waals surface area contributed by atoms with Crippen LogP contribution in [0.2, 0.25) is 0 Å². The summed E-state index contributed by atoms with van der Waals surface area (Å²) in [7, 11) is 0. The van der Waals surface area contributed by atoms with Crippen molar-refractivity contribution in [1.29, 1.82) is 0 Å². The molecule has 0 saturated carbocycles. The maximum Gasteiger partial charge on any atom is 0.277 e. The van der Waals surface area contributed by atoms with Gasteiger partial charge in [0.15, 0.2) is 0 Å². The highest BCUT2D eigenvalue weighted by Crippen LogP contribution is 2.60. The van der Waals surface area contributed by atoms with Crippen molar-refractivity contribution in [2.24, 2.45) is 0 Å².